The minimum Gasteiger partial charge on any atom is -0.393 e. The molecule has 0 saturated heterocycles. The minimum absolute atomic E-state index is 0.00261. The third-order valence-electron chi connectivity index (χ3n) is 5.75. The molecule has 0 radical (unpaired) electrons. The molecule has 1 aromatic heterocycles. The fraction of sp³-hybridized carbons (Fsp3) is 0.348. The van der Waals surface area contributed by atoms with Gasteiger partial charge in [-0.25, -0.2) is 4.68 Å². The molecule has 4 rings (SSSR count). The predicted octanol–water partition coefficient (Wildman–Crippen LogP) is 3.46. The van der Waals surface area contributed by atoms with Crippen molar-refractivity contribution in [1.82, 2.24) is 9.78 Å². The molecule has 3 N–H and O–H groups in total. The number of nitrogens with zero attached hydrogens (tertiary/aromatic N) is 2. The van der Waals surface area contributed by atoms with E-state index in [0.29, 0.717) is 31.4 Å². The zero-order valence-electron chi connectivity index (χ0n) is 16.0. The Morgan fingerprint density at radius 1 is 1.07 bits per heavy atom. The monoisotopic (exact) mass is 378 g/mol. The van der Waals surface area contributed by atoms with Crippen LogP contribution in [0.25, 0.3) is 16.9 Å². The number of rotatable bonds is 4. The van der Waals surface area contributed by atoms with Gasteiger partial charge in [0, 0.05) is 5.56 Å². The highest BCUT2D eigenvalue weighted by atomic mass is 16.3. The number of benzene rings is 2. The Hall–Kier alpha value is -2.47. The number of aryl methyl sites for hydroxylation is 1. The van der Waals surface area contributed by atoms with E-state index in [1.165, 1.54) is 0 Å². The molecular formula is C23H26N2O3. The van der Waals surface area contributed by atoms with Gasteiger partial charge in [0.05, 0.1) is 29.8 Å². The second-order valence-corrected chi connectivity index (χ2v) is 7.73. The molecule has 0 unspecified atom stereocenters. The Kier molecular flexibility index (Phi) is 5.06. The lowest BCUT2D eigenvalue weighted by molar-refractivity contribution is -0.0393. The average molecular weight is 378 g/mol. The van der Waals surface area contributed by atoms with Crippen LogP contribution in [0.4, 0.5) is 0 Å². The number of aliphatic hydroxyl groups excluding tert-OH is 2. The first-order valence-corrected chi connectivity index (χ1v) is 9.77. The quantitative estimate of drug-likeness (QED) is 0.650. The summed E-state index contributed by atoms with van der Waals surface area (Å²) in [4.78, 5) is 0. The van der Waals surface area contributed by atoms with Gasteiger partial charge in [0.1, 0.15) is 5.60 Å². The van der Waals surface area contributed by atoms with Gasteiger partial charge in [0.15, 0.2) is 0 Å². The molecule has 146 valence electrons. The van der Waals surface area contributed by atoms with Crippen LogP contribution in [0.1, 0.15) is 42.5 Å². The van der Waals surface area contributed by atoms with Gasteiger partial charge in [-0.3, -0.25) is 0 Å². The van der Waals surface area contributed by atoms with E-state index < -0.39 is 5.60 Å². The molecule has 3 aromatic rings. The first-order chi connectivity index (χ1) is 13.5. The standard InChI is InChI=1S/C23H26N2O3/c1-16-4-2-3-5-20(16)21-14-22(23(28)12-10-19(27)11-13-23)24-25(21)18-8-6-17(15-26)7-9-18/h2-9,14,19,26-28H,10-13,15H2,1H3. The highest BCUT2D eigenvalue weighted by Crippen LogP contribution is 2.39. The van der Waals surface area contributed by atoms with Gasteiger partial charge >= 0.3 is 0 Å². The largest absolute Gasteiger partial charge is 0.393 e. The SMILES string of the molecule is Cc1ccccc1-c1cc(C2(O)CCC(O)CC2)nn1-c1ccc(CO)cc1. The summed E-state index contributed by atoms with van der Waals surface area (Å²) in [5.74, 6) is 0. The van der Waals surface area contributed by atoms with Gasteiger partial charge < -0.3 is 15.3 Å². The molecule has 5 heteroatoms. The summed E-state index contributed by atoms with van der Waals surface area (Å²) in [5.41, 5.74) is 4.45. The van der Waals surface area contributed by atoms with Crippen molar-refractivity contribution in [3.63, 3.8) is 0 Å². The fourth-order valence-electron chi connectivity index (χ4n) is 3.94. The van der Waals surface area contributed by atoms with Gasteiger partial charge in [-0.05, 0) is 61.9 Å². The van der Waals surface area contributed by atoms with Gasteiger partial charge in [0.25, 0.3) is 0 Å². The molecule has 2 aromatic carbocycles. The van der Waals surface area contributed by atoms with Crippen molar-refractivity contribution in [1.29, 1.82) is 0 Å². The summed E-state index contributed by atoms with van der Waals surface area (Å²) in [6.45, 7) is 2.06. The van der Waals surface area contributed by atoms with Gasteiger partial charge in [0.2, 0.25) is 0 Å². The molecule has 1 heterocycles. The lowest BCUT2D eigenvalue weighted by Crippen LogP contribution is -2.33. The van der Waals surface area contributed by atoms with Crippen molar-refractivity contribution in [3.8, 4) is 16.9 Å². The van der Waals surface area contributed by atoms with Crippen molar-refractivity contribution in [2.45, 2.75) is 50.9 Å². The highest BCUT2D eigenvalue weighted by Gasteiger charge is 2.37. The lowest BCUT2D eigenvalue weighted by atomic mass is 9.81. The van der Waals surface area contributed by atoms with Gasteiger partial charge in [-0.2, -0.15) is 5.10 Å². The molecule has 28 heavy (non-hydrogen) atoms. The Labute approximate surface area is 164 Å². The van der Waals surface area contributed by atoms with E-state index in [9.17, 15) is 15.3 Å². The van der Waals surface area contributed by atoms with Crippen LogP contribution in [-0.4, -0.2) is 31.2 Å². The van der Waals surface area contributed by atoms with Gasteiger partial charge in [-0.1, -0.05) is 36.4 Å². The topological polar surface area (TPSA) is 78.5 Å². The minimum atomic E-state index is -1.02. The first-order valence-electron chi connectivity index (χ1n) is 9.77. The Morgan fingerprint density at radius 2 is 1.75 bits per heavy atom. The van der Waals surface area contributed by atoms with Crippen LogP contribution >= 0.6 is 0 Å². The molecule has 0 amide bonds. The normalized spacial score (nSPS) is 22.4. The summed E-state index contributed by atoms with van der Waals surface area (Å²) in [7, 11) is 0. The van der Waals surface area contributed by atoms with Crippen molar-refractivity contribution in [3.05, 3.63) is 71.4 Å². The number of hydrogen-bond donors (Lipinski definition) is 3. The molecule has 0 atom stereocenters. The van der Waals surface area contributed by atoms with Crippen molar-refractivity contribution >= 4 is 0 Å². The molecule has 1 fully saturated rings. The van der Waals surface area contributed by atoms with Crippen LogP contribution in [0.5, 0.6) is 0 Å². The maximum absolute atomic E-state index is 11.2. The molecule has 1 aliphatic carbocycles. The molecular weight excluding hydrogens is 352 g/mol. The van der Waals surface area contributed by atoms with Crippen LogP contribution in [0.15, 0.2) is 54.6 Å². The Morgan fingerprint density at radius 3 is 2.39 bits per heavy atom. The van der Waals surface area contributed by atoms with Gasteiger partial charge in [-0.15, -0.1) is 0 Å². The molecule has 5 nitrogen and oxygen atoms in total. The number of hydrogen-bond acceptors (Lipinski definition) is 4. The number of aliphatic hydroxyl groups is 3. The van der Waals surface area contributed by atoms with Crippen LogP contribution in [-0.2, 0) is 12.2 Å². The van der Waals surface area contributed by atoms with E-state index >= 15 is 0 Å². The van der Waals surface area contributed by atoms with E-state index in [0.717, 1.165) is 28.1 Å². The average Bonchev–Trinajstić information content (AvgIpc) is 3.17. The summed E-state index contributed by atoms with van der Waals surface area (Å²) in [5, 5.41) is 35.2. The summed E-state index contributed by atoms with van der Waals surface area (Å²) in [6.07, 6.45) is 1.82. The zero-order valence-corrected chi connectivity index (χ0v) is 16.0. The third kappa shape index (κ3) is 3.49. The predicted molar refractivity (Wildman–Crippen MR) is 108 cm³/mol. The van der Waals surface area contributed by atoms with E-state index in [-0.39, 0.29) is 12.7 Å². The Bertz CT molecular complexity index is 954. The molecule has 0 spiro atoms. The van der Waals surface area contributed by atoms with E-state index in [1.54, 1.807) is 0 Å². The van der Waals surface area contributed by atoms with E-state index in [2.05, 4.69) is 19.1 Å². The summed E-state index contributed by atoms with van der Waals surface area (Å²) >= 11 is 0. The van der Waals surface area contributed by atoms with Crippen LogP contribution in [0.3, 0.4) is 0 Å². The van der Waals surface area contributed by atoms with E-state index in [1.807, 2.05) is 47.1 Å². The van der Waals surface area contributed by atoms with Crippen molar-refractivity contribution < 1.29 is 15.3 Å². The van der Waals surface area contributed by atoms with Crippen LogP contribution in [0, 0.1) is 6.92 Å². The van der Waals surface area contributed by atoms with Crippen molar-refractivity contribution in [2.24, 2.45) is 0 Å². The maximum Gasteiger partial charge on any atom is 0.109 e. The summed E-state index contributed by atoms with van der Waals surface area (Å²) < 4.78 is 1.86. The zero-order chi connectivity index (χ0) is 19.7. The second-order valence-electron chi connectivity index (χ2n) is 7.73. The van der Waals surface area contributed by atoms with E-state index in [4.69, 9.17) is 5.10 Å². The lowest BCUT2D eigenvalue weighted by Gasteiger charge is -2.32. The summed E-state index contributed by atoms with van der Waals surface area (Å²) in [6, 6.07) is 17.7. The second kappa shape index (κ2) is 7.51. The highest BCUT2D eigenvalue weighted by molar-refractivity contribution is 5.66. The molecule has 0 aliphatic heterocycles. The molecule has 1 saturated carbocycles. The Balaban J connectivity index is 1.83. The smallest absolute Gasteiger partial charge is 0.109 e. The van der Waals surface area contributed by atoms with Crippen molar-refractivity contribution in [2.75, 3.05) is 0 Å². The third-order valence-corrected chi connectivity index (χ3v) is 5.75. The first kappa shape index (κ1) is 18.9. The fourth-order valence-corrected chi connectivity index (χ4v) is 3.94. The number of aromatic nitrogens is 2. The molecule has 0 bridgehead atoms. The molecule has 1 aliphatic rings. The maximum atomic E-state index is 11.2. The van der Waals surface area contributed by atoms with Crippen LogP contribution in [0.2, 0.25) is 0 Å². The van der Waals surface area contributed by atoms with Crippen LogP contribution < -0.4 is 0 Å².